The van der Waals surface area contributed by atoms with Crippen molar-refractivity contribution in [3.8, 4) is 17.2 Å². The summed E-state index contributed by atoms with van der Waals surface area (Å²) in [5.41, 5.74) is 3.81. The Kier molecular flexibility index (Phi) is 7.71. The summed E-state index contributed by atoms with van der Waals surface area (Å²) in [4.78, 5) is 12.1. The van der Waals surface area contributed by atoms with Crippen molar-refractivity contribution in [1.29, 1.82) is 0 Å². The van der Waals surface area contributed by atoms with Crippen molar-refractivity contribution in [1.82, 2.24) is 5.43 Å². The van der Waals surface area contributed by atoms with Gasteiger partial charge in [-0.1, -0.05) is 6.92 Å². The summed E-state index contributed by atoms with van der Waals surface area (Å²) >= 11 is 2.16. The number of hydrogen-bond acceptors (Lipinski definition) is 5. The van der Waals surface area contributed by atoms with Crippen LogP contribution in [0, 0.1) is 3.57 Å². The van der Waals surface area contributed by atoms with Crippen LogP contribution < -0.4 is 19.6 Å². The lowest BCUT2D eigenvalue weighted by atomic mass is 10.2. The topological polar surface area (TPSA) is 69.2 Å². The molecule has 0 bridgehead atoms. The van der Waals surface area contributed by atoms with Crippen LogP contribution in [0.4, 0.5) is 0 Å². The lowest BCUT2D eigenvalue weighted by Gasteiger charge is -2.10. The second-order valence-corrected chi connectivity index (χ2v) is 6.47. The summed E-state index contributed by atoms with van der Waals surface area (Å²) in [5, 5.41) is 4.01. The standard InChI is InChI=1S/C19H21IN2O4/c1-4-9-26-15-7-5-14(6-8-15)19(23)22-21-12-13-10-16(20)18(25-3)17(11-13)24-2/h5-8,10-12H,4,9H2,1-3H3,(H,22,23)/b21-12-. The number of hydrazone groups is 1. The van der Waals surface area contributed by atoms with Gasteiger partial charge in [0.1, 0.15) is 5.75 Å². The van der Waals surface area contributed by atoms with E-state index in [-0.39, 0.29) is 5.91 Å². The van der Waals surface area contributed by atoms with Gasteiger partial charge in [-0.15, -0.1) is 0 Å². The number of nitrogens with zero attached hydrogens (tertiary/aromatic N) is 1. The summed E-state index contributed by atoms with van der Waals surface area (Å²) in [6, 6.07) is 10.6. The first-order chi connectivity index (χ1) is 12.6. The van der Waals surface area contributed by atoms with Crippen LogP contribution in [0.5, 0.6) is 17.2 Å². The Morgan fingerprint density at radius 1 is 1.19 bits per heavy atom. The first-order valence-corrected chi connectivity index (χ1v) is 9.14. The van der Waals surface area contributed by atoms with Gasteiger partial charge in [-0.25, -0.2) is 5.43 Å². The van der Waals surface area contributed by atoms with Crippen molar-refractivity contribution in [2.45, 2.75) is 13.3 Å². The molecule has 0 fully saturated rings. The van der Waals surface area contributed by atoms with Gasteiger partial charge in [-0.05, 0) is 71.0 Å². The van der Waals surface area contributed by atoms with E-state index in [1.165, 1.54) is 0 Å². The quantitative estimate of drug-likeness (QED) is 0.363. The van der Waals surface area contributed by atoms with E-state index in [9.17, 15) is 4.79 Å². The molecule has 2 aromatic carbocycles. The fourth-order valence-electron chi connectivity index (χ4n) is 2.16. The number of rotatable bonds is 8. The zero-order chi connectivity index (χ0) is 18.9. The number of carbonyl (C=O) groups is 1. The summed E-state index contributed by atoms with van der Waals surface area (Å²) < 4.78 is 17.0. The average Bonchev–Trinajstić information content (AvgIpc) is 2.66. The number of halogens is 1. The van der Waals surface area contributed by atoms with Gasteiger partial charge in [0.25, 0.3) is 5.91 Å². The fourth-order valence-corrected chi connectivity index (χ4v) is 3.01. The van der Waals surface area contributed by atoms with Crippen molar-refractivity contribution < 1.29 is 19.0 Å². The molecule has 2 aromatic rings. The van der Waals surface area contributed by atoms with E-state index in [1.54, 1.807) is 50.8 Å². The number of benzene rings is 2. The number of ether oxygens (including phenoxy) is 3. The highest BCUT2D eigenvalue weighted by Gasteiger charge is 2.10. The van der Waals surface area contributed by atoms with Gasteiger partial charge in [0.15, 0.2) is 11.5 Å². The molecule has 26 heavy (non-hydrogen) atoms. The minimum Gasteiger partial charge on any atom is -0.494 e. The Labute approximate surface area is 166 Å². The van der Waals surface area contributed by atoms with Gasteiger partial charge in [-0.3, -0.25) is 4.79 Å². The largest absolute Gasteiger partial charge is 0.494 e. The van der Waals surface area contributed by atoms with E-state index in [2.05, 4.69) is 33.1 Å². The molecular weight excluding hydrogens is 447 g/mol. The average molecular weight is 468 g/mol. The first kappa shape index (κ1) is 20.0. The lowest BCUT2D eigenvalue weighted by molar-refractivity contribution is 0.0955. The lowest BCUT2D eigenvalue weighted by Crippen LogP contribution is -2.17. The maximum atomic E-state index is 12.1. The third-order valence-electron chi connectivity index (χ3n) is 3.42. The van der Waals surface area contributed by atoms with Crippen molar-refractivity contribution >= 4 is 34.7 Å². The smallest absolute Gasteiger partial charge is 0.271 e. The number of hydrogen-bond donors (Lipinski definition) is 1. The molecule has 0 atom stereocenters. The molecule has 0 saturated heterocycles. The van der Waals surface area contributed by atoms with Crippen LogP contribution >= 0.6 is 22.6 Å². The monoisotopic (exact) mass is 468 g/mol. The molecule has 1 N–H and O–H groups in total. The number of carbonyl (C=O) groups excluding carboxylic acids is 1. The molecule has 2 rings (SSSR count). The predicted molar refractivity (Wildman–Crippen MR) is 110 cm³/mol. The molecule has 0 aliphatic rings. The van der Waals surface area contributed by atoms with Crippen molar-refractivity contribution in [2.75, 3.05) is 20.8 Å². The van der Waals surface area contributed by atoms with E-state index in [0.717, 1.165) is 21.3 Å². The Morgan fingerprint density at radius 2 is 1.92 bits per heavy atom. The van der Waals surface area contributed by atoms with Gasteiger partial charge in [0.05, 0.1) is 30.6 Å². The highest BCUT2D eigenvalue weighted by molar-refractivity contribution is 14.1. The Morgan fingerprint density at radius 3 is 2.54 bits per heavy atom. The number of methoxy groups -OCH3 is 2. The maximum Gasteiger partial charge on any atom is 0.271 e. The molecule has 1 amide bonds. The molecule has 0 spiro atoms. The van der Waals surface area contributed by atoms with E-state index in [1.807, 2.05) is 13.0 Å². The Balaban J connectivity index is 2.01. The molecule has 0 aliphatic carbocycles. The minimum atomic E-state index is -0.293. The molecule has 0 radical (unpaired) electrons. The SMILES string of the molecule is CCCOc1ccc(C(=O)N/N=C\c2cc(I)c(OC)c(OC)c2)cc1. The number of nitrogens with one attached hydrogen (secondary N) is 1. The van der Waals surface area contributed by atoms with Crippen LogP contribution in [-0.4, -0.2) is 32.9 Å². The van der Waals surface area contributed by atoms with Crippen LogP contribution in [-0.2, 0) is 0 Å². The van der Waals surface area contributed by atoms with Crippen molar-refractivity contribution in [2.24, 2.45) is 5.10 Å². The van der Waals surface area contributed by atoms with Gasteiger partial charge >= 0.3 is 0 Å². The van der Waals surface area contributed by atoms with Crippen LogP contribution in [0.2, 0.25) is 0 Å². The first-order valence-electron chi connectivity index (χ1n) is 8.06. The maximum absolute atomic E-state index is 12.1. The molecule has 138 valence electrons. The van der Waals surface area contributed by atoms with Crippen LogP contribution in [0.15, 0.2) is 41.5 Å². The van der Waals surface area contributed by atoms with Crippen LogP contribution in [0.1, 0.15) is 29.3 Å². The summed E-state index contributed by atoms with van der Waals surface area (Å²) in [7, 11) is 3.16. The zero-order valence-corrected chi connectivity index (χ0v) is 17.1. The third kappa shape index (κ3) is 5.35. The highest BCUT2D eigenvalue weighted by Crippen LogP contribution is 2.32. The van der Waals surface area contributed by atoms with E-state index < -0.39 is 0 Å². The molecular formula is C19H21IN2O4. The molecule has 0 aromatic heterocycles. The van der Waals surface area contributed by atoms with E-state index in [4.69, 9.17) is 14.2 Å². The summed E-state index contributed by atoms with van der Waals surface area (Å²) in [5.74, 6) is 1.72. The number of amides is 1. The Hall–Kier alpha value is -2.29. The molecule has 0 saturated carbocycles. The fraction of sp³-hybridized carbons (Fsp3) is 0.263. The minimum absolute atomic E-state index is 0.293. The molecule has 0 unspecified atom stereocenters. The van der Waals surface area contributed by atoms with Crippen LogP contribution in [0.3, 0.4) is 0 Å². The van der Waals surface area contributed by atoms with E-state index in [0.29, 0.717) is 23.7 Å². The third-order valence-corrected chi connectivity index (χ3v) is 4.23. The molecule has 6 nitrogen and oxygen atoms in total. The van der Waals surface area contributed by atoms with E-state index >= 15 is 0 Å². The van der Waals surface area contributed by atoms with Gasteiger partial charge in [-0.2, -0.15) is 5.10 Å². The van der Waals surface area contributed by atoms with Gasteiger partial charge < -0.3 is 14.2 Å². The second kappa shape index (κ2) is 10.0. The van der Waals surface area contributed by atoms with Crippen molar-refractivity contribution in [3.05, 3.63) is 51.1 Å². The summed E-state index contributed by atoms with van der Waals surface area (Å²) in [6.07, 6.45) is 2.49. The van der Waals surface area contributed by atoms with Crippen molar-refractivity contribution in [3.63, 3.8) is 0 Å². The summed E-state index contributed by atoms with van der Waals surface area (Å²) in [6.45, 7) is 2.69. The predicted octanol–water partition coefficient (Wildman–Crippen LogP) is 3.86. The van der Waals surface area contributed by atoms with Crippen LogP contribution in [0.25, 0.3) is 0 Å². The van der Waals surface area contributed by atoms with Gasteiger partial charge in [0.2, 0.25) is 0 Å². The molecule has 7 heteroatoms. The Bertz CT molecular complexity index is 776. The molecule has 0 heterocycles. The van der Waals surface area contributed by atoms with Gasteiger partial charge in [0, 0.05) is 5.56 Å². The highest BCUT2D eigenvalue weighted by atomic mass is 127. The molecule has 0 aliphatic heterocycles. The normalized spacial score (nSPS) is 10.6. The second-order valence-electron chi connectivity index (χ2n) is 5.31. The zero-order valence-electron chi connectivity index (χ0n) is 14.9.